The van der Waals surface area contributed by atoms with Gasteiger partial charge in [0.1, 0.15) is 5.75 Å². The third-order valence-electron chi connectivity index (χ3n) is 4.49. The van der Waals surface area contributed by atoms with Crippen molar-refractivity contribution in [2.24, 2.45) is 0 Å². The molecule has 7 heteroatoms. The average Bonchev–Trinajstić information content (AvgIpc) is 2.74. The molecule has 0 aromatic heterocycles. The van der Waals surface area contributed by atoms with E-state index in [9.17, 15) is 9.59 Å². The average molecular weight is 369 g/mol. The number of methoxy groups -OCH3 is 2. The normalized spacial score (nSPS) is 13.8. The number of amides is 1. The molecule has 1 fully saturated rings. The van der Waals surface area contributed by atoms with Gasteiger partial charge in [0.2, 0.25) is 0 Å². The highest BCUT2D eigenvalue weighted by Gasteiger charge is 2.18. The van der Waals surface area contributed by atoms with Gasteiger partial charge in [0.05, 0.1) is 25.5 Å². The minimum absolute atomic E-state index is 0.308. The third-order valence-corrected chi connectivity index (χ3v) is 4.49. The number of nitrogens with one attached hydrogen (secondary N) is 2. The zero-order valence-corrected chi connectivity index (χ0v) is 15.5. The van der Waals surface area contributed by atoms with Crippen LogP contribution in [-0.4, -0.2) is 52.3 Å². The van der Waals surface area contributed by atoms with E-state index < -0.39 is 5.97 Å². The lowest BCUT2D eigenvalue weighted by molar-refractivity contribution is 0.0602. The van der Waals surface area contributed by atoms with Crippen LogP contribution in [0.3, 0.4) is 0 Å². The standard InChI is InChI=1S/C20H23N3O4/c1-26-16-6-3-14(4-7-16)19(24)22-18-8-5-15(13-17(18)20(25)27-2)23-11-9-21-10-12-23/h3-8,13,21H,9-12H2,1-2H3,(H,22,24). The van der Waals surface area contributed by atoms with E-state index in [1.165, 1.54) is 7.11 Å². The Labute approximate surface area is 158 Å². The molecule has 1 aliphatic rings. The molecule has 1 aliphatic heterocycles. The van der Waals surface area contributed by atoms with E-state index in [1.807, 2.05) is 6.07 Å². The summed E-state index contributed by atoms with van der Waals surface area (Å²) < 4.78 is 10.0. The maximum Gasteiger partial charge on any atom is 0.340 e. The second-order valence-corrected chi connectivity index (χ2v) is 6.14. The highest BCUT2D eigenvalue weighted by atomic mass is 16.5. The molecule has 0 atom stereocenters. The van der Waals surface area contributed by atoms with Crippen LogP contribution in [-0.2, 0) is 4.74 Å². The Balaban J connectivity index is 1.84. The van der Waals surface area contributed by atoms with E-state index in [0.29, 0.717) is 22.6 Å². The lowest BCUT2D eigenvalue weighted by Crippen LogP contribution is -2.43. The minimum Gasteiger partial charge on any atom is -0.497 e. The topological polar surface area (TPSA) is 79.9 Å². The van der Waals surface area contributed by atoms with E-state index >= 15 is 0 Å². The second kappa shape index (κ2) is 8.55. The van der Waals surface area contributed by atoms with Gasteiger partial charge in [-0.15, -0.1) is 0 Å². The fraction of sp³-hybridized carbons (Fsp3) is 0.300. The molecule has 0 radical (unpaired) electrons. The number of ether oxygens (including phenoxy) is 2. The Hall–Kier alpha value is -3.06. The molecule has 0 saturated carbocycles. The fourth-order valence-electron chi connectivity index (χ4n) is 2.98. The Morgan fingerprint density at radius 3 is 2.37 bits per heavy atom. The van der Waals surface area contributed by atoms with Crippen molar-refractivity contribution in [1.82, 2.24) is 5.32 Å². The zero-order valence-electron chi connectivity index (χ0n) is 15.5. The van der Waals surface area contributed by atoms with Gasteiger partial charge in [-0.05, 0) is 42.5 Å². The van der Waals surface area contributed by atoms with E-state index in [-0.39, 0.29) is 5.91 Å². The van der Waals surface area contributed by atoms with Crippen LogP contribution in [0.25, 0.3) is 0 Å². The number of carbonyl (C=O) groups is 2. The van der Waals surface area contributed by atoms with Crippen molar-refractivity contribution < 1.29 is 19.1 Å². The third kappa shape index (κ3) is 4.38. The number of hydrogen-bond acceptors (Lipinski definition) is 6. The van der Waals surface area contributed by atoms with Gasteiger partial charge in [0.15, 0.2) is 0 Å². The molecule has 2 N–H and O–H groups in total. The fourth-order valence-corrected chi connectivity index (χ4v) is 2.98. The number of benzene rings is 2. The molecule has 3 rings (SSSR count). The van der Waals surface area contributed by atoms with E-state index in [2.05, 4.69) is 15.5 Å². The minimum atomic E-state index is -0.489. The van der Waals surface area contributed by atoms with Crippen LogP contribution in [0.2, 0.25) is 0 Å². The highest BCUT2D eigenvalue weighted by molar-refractivity contribution is 6.08. The second-order valence-electron chi connectivity index (χ2n) is 6.14. The largest absolute Gasteiger partial charge is 0.497 e. The van der Waals surface area contributed by atoms with Crippen molar-refractivity contribution in [2.45, 2.75) is 0 Å². The summed E-state index contributed by atoms with van der Waals surface area (Å²) in [6, 6.07) is 12.2. The first-order valence-electron chi connectivity index (χ1n) is 8.76. The van der Waals surface area contributed by atoms with Crippen LogP contribution >= 0.6 is 0 Å². The Kier molecular flexibility index (Phi) is 5.93. The number of nitrogens with zero attached hydrogens (tertiary/aromatic N) is 1. The molecular weight excluding hydrogens is 346 g/mol. The summed E-state index contributed by atoms with van der Waals surface area (Å²) in [4.78, 5) is 27.0. The maximum absolute atomic E-state index is 12.5. The van der Waals surface area contributed by atoms with Gasteiger partial charge < -0.3 is 25.0 Å². The van der Waals surface area contributed by atoms with Gasteiger partial charge in [-0.3, -0.25) is 4.79 Å². The molecular formula is C20H23N3O4. The molecule has 1 amide bonds. The van der Waals surface area contributed by atoms with E-state index in [0.717, 1.165) is 31.9 Å². The van der Waals surface area contributed by atoms with Gasteiger partial charge in [0, 0.05) is 37.4 Å². The van der Waals surface area contributed by atoms with E-state index in [4.69, 9.17) is 9.47 Å². The van der Waals surface area contributed by atoms with Crippen LogP contribution in [0.4, 0.5) is 11.4 Å². The van der Waals surface area contributed by atoms with Gasteiger partial charge >= 0.3 is 5.97 Å². The molecule has 27 heavy (non-hydrogen) atoms. The number of piperazine rings is 1. The lowest BCUT2D eigenvalue weighted by atomic mass is 10.1. The molecule has 0 aliphatic carbocycles. The van der Waals surface area contributed by atoms with Gasteiger partial charge in [-0.1, -0.05) is 0 Å². The number of rotatable bonds is 5. The van der Waals surface area contributed by atoms with Crippen molar-refractivity contribution in [3.8, 4) is 5.75 Å². The monoisotopic (exact) mass is 369 g/mol. The summed E-state index contributed by atoms with van der Waals surface area (Å²) in [7, 11) is 2.90. The number of esters is 1. The number of carbonyl (C=O) groups excluding carboxylic acids is 2. The Bertz CT molecular complexity index is 814. The van der Waals surface area contributed by atoms with Crippen LogP contribution in [0.15, 0.2) is 42.5 Å². The summed E-state index contributed by atoms with van der Waals surface area (Å²) in [5.41, 5.74) is 2.15. The maximum atomic E-state index is 12.5. The lowest BCUT2D eigenvalue weighted by Gasteiger charge is -2.30. The molecule has 0 unspecified atom stereocenters. The first-order valence-corrected chi connectivity index (χ1v) is 8.76. The van der Waals surface area contributed by atoms with Crippen molar-refractivity contribution in [2.75, 3.05) is 50.6 Å². The summed E-state index contributed by atoms with van der Waals surface area (Å²) in [6.45, 7) is 3.50. The van der Waals surface area contributed by atoms with Gasteiger partial charge in [0.25, 0.3) is 5.91 Å². The molecule has 0 spiro atoms. The summed E-state index contributed by atoms with van der Waals surface area (Å²) >= 11 is 0. The van der Waals surface area contributed by atoms with Gasteiger partial charge in [-0.2, -0.15) is 0 Å². The van der Waals surface area contributed by atoms with Gasteiger partial charge in [-0.25, -0.2) is 4.79 Å². The highest BCUT2D eigenvalue weighted by Crippen LogP contribution is 2.25. The zero-order chi connectivity index (χ0) is 19.2. The molecule has 0 bridgehead atoms. The van der Waals surface area contributed by atoms with Crippen molar-refractivity contribution in [3.63, 3.8) is 0 Å². The molecule has 2 aromatic rings. The van der Waals surface area contributed by atoms with Crippen LogP contribution in [0, 0.1) is 0 Å². The number of anilines is 2. The molecule has 2 aromatic carbocycles. The quantitative estimate of drug-likeness (QED) is 0.786. The molecule has 142 valence electrons. The Morgan fingerprint density at radius 1 is 1.04 bits per heavy atom. The van der Waals surface area contributed by atoms with Crippen molar-refractivity contribution in [3.05, 3.63) is 53.6 Å². The summed E-state index contributed by atoms with van der Waals surface area (Å²) in [6.07, 6.45) is 0. The predicted octanol–water partition coefficient (Wildman–Crippen LogP) is 2.14. The van der Waals surface area contributed by atoms with Crippen LogP contribution in [0.1, 0.15) is 20.7 Å². The first-order chi connectivity index (χ1) is 13.1. The summed E-state index contributed by atoms with van der Waals surface area (Å²) in [5.74, 6) is -0.128. The Morgan fingerprint density at radius 2 is 1.74 bits per heavy atom. The SMILES string of the molecule is COC(=O)c1cc(N2CCNCC2)ccc1NC(=O)c1ccc(OC)cc1. The molecule has 7 nitrogen and oxygen atoms in total. The van der Waals surface area contributed by atoms with E-state index in [1.54, 1.807) is 43.5 Å². The summed E-state index contributed by atoms with van der Waals surface area (Å²) in [5, 5.41) is 6.10. The molecule has 1 heterocycles. The van der Waals surface area contributed by atoms with Crippen molar-refractivity contribution >= 4 is 23.3 Å². The molecule has 1 saturated heterocycles. The van der Waals surface area contributed by atoms with Crippen molar-refractivity contribution in [1.29, 1.82) is 0 Å². The van der Waals surface area contributed by atoms with Crippen LogP contribution in [0.5, 0.6) is 5.75 Å². The first kappa shape index (κ1) is 18.7. The number of hydrogen-bond donors (Lipinski definition) is 2. The van der Waals surface area contributed by atoms with Crippen LogP contribution < -0.4 is 20.3 Å². The smallest absolute Gasteiger partial charge is 0.340 e. The predicted molar refractivity (Wildman–Crippen MR) is 104 cm³/mol.